The minimum atomic E-state index is 0.557. The Bertz CT molecular complexity index is 182. The van der Waals surface area contributed by atoms with E-state index >= 15 is 0 Å². The first-order valence-electron chi connectivity index (χ1n) is 6.36. The molecule has 15 heavy (non-hydrogen) atoms. The molecule has 0 aromatic carbocycles. The maximum Gasteiger partial charge on any atom is 0.0623 e. The van der Waals surface area contributed by atoms with Gasteiger partial charge in [-0.05, 0) is 25.9 Å². The monoisotopic (exact) mass is 212 g/mol. The van der Waals surface area contributed by atoms with Crippen molar-refractivity contribution in [3.05, 3.63) is 0 Å². The quantitative estimate of drug-likeness (QED) is 0.645. The Morgan fingerprint density at radius 3 is 2.80 bits per heavy atom. The Labute approximate surface area is 93.0 Å². The van der Waals surface area contributed by atoms with E-state index in [1.807, 2.05) is 7.05 Å². The van der Waals surface area contributed by atoms with Crippen LogP contribution < -0.4 is 10.6 Å². The molecule has 1 aliphatic heterocycles. The molecule has 3 heteroatoms. The fraction of sp³-hybridized carbons (Fsp3) is 1.00. The highest BCUT2D eigenvalue weighted by Gasteiger charge is 2.26. The first kappa shape index (κ1) is 11.4. The van der Waals surface area contributed by atoms with Crippen LogP contribution in [0.25, 0.3) is 0 Å². The van der Waals surface area contributed by atoms with Crippen molar-refractivity contribution in [2.24, 2.45) is 11.8 Å². The average Bonchev–Trinajstić information content (AvgIpc) is 2.62. The fourth-order valence-electron chi connectivity index (χ4n) is 2.49. The molecule has 0 aromatic rings. The Morgan fingerprint density at radius 1 is 1.27 bits per heavy atom. The van der Waals surface area contributed by atoms with Gasteiger partial charge in [-0.1, -0.05) is 19.3 Å². The summed E-state index contributed by atoms with van der Waals surface area (Å²) in [4.78, 5) is 0. The van der Waals surface area contributed by atoms with Gasteiger partial charge < -0.3 is 15.4 Å². The summed E-state index contributed by atoms with van der Waals surface area (Å²) in [6.45, 7) is 4.10. The number of nitrogens with one attached hydrogen (secondary N) is 2. The molecule has 88 valence electrons. The number of likely N-dealkylation sites (N-methyl/N-ethyl adjacent to an activating group) is 1. The number of rotatable bonds is 6. The van der Waals surface area contributed by atoms with Crippen LogP contribution in [0.2, 0.25) is 0 Å². The van der Waals surface area contributed by atoms with E-state index in [0.717, 1.165) is 25.7 Å². The summed E-state index contributed by atoms with van der Waals surface area (Å²) in [6.07, 6.45) is 5.77. The van der Waals surface area contributed by atoms with Crippen molar-refractivity contribution < 1.29 is 4.74 Å². The van der Waals surface area contributed by atoms with E-state index < -0.39 is 0 Å². The third kappa shape index (κ3) is 3.16. The molecule has 2 unspecified atom stereocenters. The van der Waals surface area contributed by atoms with Gasteiger partial charge in [-0.25, -0.2) is 0 Å². The predicted molar refractivity (Wildman–Crippen MR) is 62.0 cm³/mol. The zero-order valence-corrected chi connectivity index (χ0v) is 9.80. The molecule has 0 radical (unpaired) electrons. The Morgan fingerprint density at radius 2 is 2.13 bits per heavy atom. The Kier molecular flexibility index (Phi) is 4.42. The summed E-state index contributed by atoms with van der Waals surface area (Å²) < 4.78 is 5.47. The van der Waals surface area contributed by atoms with E-state index in [-0.39, 0.29) is 0 Å². The van der Waals surface area contributed by atoms with Crippen LogP contribution in [0.1, 0.15) is 25.7 Å². The fourth-order valence-corrected chi connectivity index (χ4v) is 2.49. The van der Waals surface area contributed by atoms with Crippen LogP contribution in [0.4, 0.5) is 0 Å². The molecular weight excluding hydrogens is 188 g/mol. The predicted octanol–water partition coefficient (Wildman–Crippen LogP) is 1.00. The molecule has 2 N–H and O–H groups in total. The molecule has 1 aliphatic carbocycles. The summed E-state index contributed by atoms with van der Waals surface area (Å²) in [7, 11) is 2.03. The lowest BCUT2D eigenvalue weighted by molar-refractivity contribution is 0.182. The Hall–Kier alpha value is -0.120. The molecule has 2 rings (SSSR count). The molecule has 2 atom stereocenters. The third-order valence-electron chi connectivity index (χ3n) is 3.93. The lowest BCUT2D eigenvalue weighted by Gasteiger charge is -2.25. The standard InChI is InChI=1S/C12H24N2O/c1-13-12-9-15-8-11(12)7-14-6-5-10-3-2-4-10/h10-14H,2-9H2,1H3. The zero-order valence-electron chi connectivity index (χ0n) is 9.80. The summed E-state index contributed by atoms with van der Waals surface area (Å²) in [5.74, 6) is 1.69. The minimum Gasteiger partial charge on any atom is -0.379 e. The smallest absolute Gasteiger partial charge is 0.0623 e. The number of hydrogen-bond donors (Lipinski definition) is 2. The van der Waals surface area contributed by atoms with Gasteiger partial charge in [0.05, 0.1) is 13.2 Å². The topological polar surface area (TPSA) is 33.3 Å². The molecule has 2 aliphatic rings. The molecule has 0 spiro atoms. The second kappa shape index (κ2) is 5.83. The normalized spacial score (nSPS) is 31.8. The van der Waals surface area contributed by atoms with Gasteiger partial charge in [0.25, 0.3) is 0 Å². The molecule has 1 heterocycles. The summed E-state index contributed by atoms with van der Waals surface area (Å²) in [6, 6.07) is 0.557. The van der Waals surface area contributed by atoms with Gasteiger partial charge in [-0.3, -0.25) is 0 Å². The second-order valence-electron chi connectivity index (χ2n) is 4.98. The number of hydrogen-bond acceptors (Lipinski definition) is 3. The molecule has 1 saturated carbocycles. The lowest BCUT2D eigenvalue weighted by atomic mass is 9.83. The highest BCUT2D eigenvalue weighted by atomic mass is 16.5. The van der Waals surface area contributed by atoms with E-state index in [1.54, 1.807) is 0 Å². The average molecular weight is 212 g/mol. The van der Waals surface area contributed by atoms with Gasteiger partial charge in [-0.2, -0.15) is 0 Å². The van der Waals surface area contributed by atoms with Crippen molar-refractivity contribution in [2.45, 2.75) is 31.7 Å². The molecular formula is C12H24N2O. The minimum absolute atomic E-state index is 0.557. The maximum absolute atomic E-state index is 5.47. The van der Waals surface area contributed by atoms with Crippen LogP contribution in [0, 0.1) is 11.8 Å². The summed E-state index contributed by atoms with van der Waals surface area (Å²) in [5.41, 5.74) is 0. The van der Waals surface area contributed by atoms with E-state index in [9.17, 15) is 0 Å². The summed E-state index contributed by atoms with van der Waals surface area (Å²) in [5, 5.41) is 6.89. The highest BCUT2D eigenvalue weighted by molar-refractivity contribution is 4.81. The Balaban J connectivity index is 1.52. The third-order valence-corrected chi connectivity index (χ3v) is 3.93. The molecule has 3 nitrogen and oxygen atoms in total. The molecule has 0 amide bonds. The van der Waals surface area contributed by atoms with Crippen molar-refractivity contribution in [2.75, 3.05) is 33.4 Å². The van der Waals surface area contributed by atoms with Gasteiger partial charge in [0.1, 0.15) is 0 Å². The highest BCUT2D eigenvalue weighted by Crippen LogP contribution is 2.28. The van der Waals surface area contributed by atoms with E-state index in [1.165, 1.54) is 32.2 Å². The molecule has 0 aromatic heterocycles. The van der Waals surface area contributed by atoms with Gasteiger partial charge in [0, 0.05) is 18.5 Å². The van der Waals surface area contributed by atoms with Crippen molar-refractivity contribution >= 4 is 0 Å². The van der Waals surface area contributed by atoms with Crippen molar-refractivity contribution in [1.82, 2.24) is 10.6 Å². The lowest BCUT2D eigenvalue weighted by Crippen LogP contribution is -2.38. The number of ether oxygens (including phenoxy) is 1. The van der Waals surface area contributed by atoms with Crippen LogP contribution in [0.15, 0.2) is 0 Å². The zero-order chi connectivity index (χ0) is 10.5. The van der Waals surface area contributed by atoms with Crippen LogP contribution in [-0.4, -0.2) is 39.4 Å². The van der Waals surface area contributed by atoms with Crippen molar-refractivity contribution in [3.63, 3.8) is 0 Å². The van der Waals surface area contributed by atoms with Crippen molar-refractivity contribution in [3.8, 4) is 0 Å². The van der Waals surface area contributed by atoms with Gasteiger partial charge in [0.2, 0.25) is 0 Å². The van der Waals surface area contributed by atoms with E-state index in [4.69, 9.17) is 4.74 Å². The SMILES string of the molecule is CNC1COCC1CNCCC1CCC1. The molecule has 1 saturated heterocycles. The molecule has 0 bridgehead atoms. The first-order valence-corrected chi connectivity index (χ1v) is 6.36. The van der Waals surface area contributed by atoms with Crippen LogP contribution in [-0.2, 0) is 4.74 Å². The largest absolute Gasteiger partial charge is 0.379 e. The molecule has 2 fully saturated rings. The van der Waals surface area contributed by atoms with Gasteiger partial charge in [-0.15, -0.1) is 0 Å². The van der Waals surface area contributed by atoms with E-state index in [0.29, 0.717) is 12.0 Å². The van der Waals surface area contributed by atoms with E-state index in [2.05, 4.69) is 10.6 Å². The van der Waals surface area contributed by atoms with Gasteiger partial charge in [0.15, 0.2) is 0 Å². The first-order chi connectivity index (χ1) is 7.40. The van der Waals surface area contributed by atoms with Crippen molar-refractivity contribution in [1.29, 1.82) is 0 Å². The van der Waals surface area contributed by atoms with Crippen LogP contribution >= 0.6 is 0 Å². The summed E-state index contributed by atoms with van der Waals surface area (Å²) >= 11 is 0. The van der Waals surface area contributed by atoms with Gasteiger partial charge >= 0.3 is 0 Å². The second-order valence-corrected chi connectivity index (χ2v) is 4.98. The van der Waals surface area contributed by atoms with Crippen LogP contribution in [0.5, 0.6) is 0 Å². The van der Waals surface area contributed by atoms with Crippen LogP contribution in [0.3, 0.4) is 0 Å². The maximum atomic E-state index is 5.47.